The monoisotopic (exact) mass is 483 g/mol. The number of carbonyl (C=O) groups is 1. The fourth-order valence-electron chi connectivity index (χ4n) is 4.47. The summed E-state index contributed by atoms with van der Waals surface area (Å²) in [7, 11) is 0. The van der Waals surface area contributed by atoms with Gasteiger partial charge in [-0.3, -0.25) is 9.69 Å². The maximum atomic E-state index is 13.0. The lowest BCUT2D eigenvalue weighted by molar-refractivity contribution is -0.121. The minimum atomic E-state index is -2.85. The van der Waals surface area contributed by atoms with E-state index >= 15 is 0 Å². The second-order valence-corrected chi connectivity index (χ2v) is 10.3. The number of thiazole rings is 1. The van der Waals surface area contributed by atoms with Gasteiger partial charge in [-0.2, -0.15) is 4.98 Å². The molecule has 3 heterocycles. The van der Waals surface area contributed by atoms with Crippen molar-refractivity contribution in [2.45, 2.75) is 77.3 Å². The number of hydrogen-bond donors (Lipinski definition) is 1. The highest BCUT2D eigenvalue weighted by Crippen LogP contribution is 2.32. The lowest BCUT2D eigenvalue weighted by Gasteiger charge is -2.31. The summed E-state index contributed by atoms with van der Waals surface area (Å²) >= 11 is 1.39. The summed E-state index contributed by atoms with van der Waals surface area (Å²) in [6, 6.07) is 0.211. The Hall–Kier alpha value is -2.14. The van der Waals surface area contributed by atoms with Gasteiger partial charge in [0.25, 0.3) is 11.1 Å². The van der Waals surface area contributed by atoms with Crippen LogP contribution in [0.5, 0.6) is 5.19 Å². The zero-order valence-electron chi connectivity index (χ0n) is 19.1. The highest BCUT2D eigenvalue weighted by molar-refractivity contribution is 7.13. The molecule has 0 saturated heterocycles. The summed E-state index contributed by atoms with van der Waals surface area (Å²) in [6.45, 7) is 4.62. The van der Waals surface area contributed by atoms with Gasteiger partial charge in [0, 0.05) is 37.9 Å². The zero-order valence-corrected chi connectivity index (χ0v) is 19.9. The Morgan fingerprint density at radius 3 is 2.79 bits per heavy atom. The molecule has 1 aliphatic heterocycles. The molecule has 4 rings (SSSR count). The minimum Gasteiger partial charge on any atom is -0.464 e. The molecule has 11 heteroatoms. The summed E-state index contributed by atoms with van der Waals surface area (Å²) in [5.41, 5.74) is 0.962. The standard InChI is InChI=1S/C22H31F2N5O3S/c1-14-25-19(28-32-14)11-20(30)26-16-5-3-15(4-6-16)7-9-29-10-8-18-17(12-29)27-21(33-18)31-13-22(2,23)24/h15-16H,3-13H2,1-2H3,(H,26,30)/t15-,16-. The van der Waals surface area contributed by atoms with Crippen molar-refractivity contribution in [3.63, 3.8) is 0 Å². The third-order valence-electron chi connectivity index (χ3n) is 6.19. The van der Waals surface area contributed by atoms with Gasteiger partial charge in [0.2, 0.25) is 11.8 Å². The Morgan fingerprint density at radius 2 is 2.09 bits per heavy atom. The molecule has 0 unspecified atom stereocenters. The molecule has 1 N–H and O–H groups in total. The average molecular weight is 484 g/mol. The number of amides is 1. The average Bonchev–Trinajstić information content (AvgIpc) is 3.36. The van der Waals surface area contributed by atoms with Crippen LogP contribution in [0.1, 0.15) is 61.3 Å². The molecule has 1 amide bonds. The number of fused-ring (bicyclic) bond motifs is 1. The number of hydrogen-bond acceptors (Lipinski definition) is 8. The molecule has 0 atom stereocenters. The molecule has 0 spiro atoms. The largest absolute Gasteiger partial charge is 0.464 e. The first-order valence-electron chi connectivity index (χ1n) is 11.5. The molecule has 2 aromatic rings. The van der Waals surface area contributed by atoms with E-state index in [1.165, 1.54) is 11.3 Å². The topological polar surface area (TPSA) is 93.4 Å². The van der Waals surface area contributed by atoms with Crippen molar-refractivity contribution in [2.75, 3.05) is 19.7 Å². The summed E-state index contributed by atoms with van der Waals surface area (Å²) in [5.74, 6) is -1.37. The van der Waals surface area contributed by atoms with E-state index in [0.717, 1.165) is 75.7 Å². The second-order valence-electron chi connectivity index (χ2n) is 9.21. The highest BCUT2D eigenvalue weighted by atomic mass is 32.1. The van der Waals surface area contributed by atoms with Crippen LogP contribution in [-0.4, -0.2) is 57.6 Å². The number of nitrogens with one attached hydrogen (secondary N) is 1. The Morgan fingerprint density at radius 1 is 1.30 bits per heavy atom. The van der Waals surface area contributed by atoms with E-state index in [4.69, 9.17) is 9.26 Å². The number of ether oxygens (including phenoxy) is 1. The molecule has 33 heavy (non-hydrogen) atoms. The van der Waals surface area contributed by atoms with Crippen molar-refractivity contribution in [1.82, 2.24) is 25.3 Å². The van der Waals surface area contributed by atoms with Crippen LogP contribution < -0.4 is 10.1 Å². The van der Waals surface area contributed by atoms with Crippen LogP contribution in [-0.2, 0) is 24.2 Å². The molecule has 8 nitrogen and oxygen atoms in total. The normalized spacial score (nSPS) is 21.6. The van der Waals surface area contributed by atoms with Gasteiger partial charge in [-0.1, -0.05) is 16.5 Å². The lowest BCUT2D eigenvalue weighted by Crippen LogP contribution is -2.39. The van der Waals surface area contributed by atoms with Gasteiger partial charge in [0.15, 0.2) is 12.4 Å². The smallest absolute Gasteiger partial charge is 0.278 e. The second kappa shape index (κ2) is 10.4. The fraction of sp³-hybridized carbons (Fsp3) is 0.727. The molecular weight excluding hydrogens is 452 g/mol. The number of aromatic nitrogens is 3. The van der Waals surface area contributed by atoms with Crippen molar-refractivity contribution in [3.8, 4) is 5.19 Å². The first kappa shape index (κ1) is 24.0. The molecule has 0 aromatic carbocycles. The molecule has 0 radical (unpaired) electrons. The molecule has 2 aliphatic rings. The van der Waals surface area contributed by atoms with Gasteiger partial charge in [-0.15, -0.1) is 0 Å². The highest BCUT2D eigenvalue weighted by Gasteiger charge is 2.27. The maximum absolute atomic E-state index is 13.0. The minimum absolute atomic E-state index is 0.0577. The number of aryl methyl sites for hydroxylation is 1. The summed E-state index contributed by atoms with van der Waals surface area (Å²) < 4.78 is 36.1. The van der Waals surface area contributed by atoms with Crippen LogP contribution in [0.2, 0.25) is 0 Å². The van der Waals surface area contributed by atoms with Crippen LogP contribution in [0, 0.1) is 12.8 Å². The third kappa shape index (κ3) is 7.17. The van der Waals surface area contributed by atoms with E-state index in [1.807, 2.05) is 0 Å². The molecular formula is C22H31F2N5O3S. The summed E-state index contributed by atoms with van der Waals surface area (Å²) in [5, 5.41) is 7.22. The third-order valence-corrected chi connectivity index (χ3v) is 7.26. The zero-order chi connectivity index (χ0) is 23.4. The van der Waals surface area contributed by atoms with Gasteiger partial charge in [-0.25, -0.2) is 13.8 Å². The van der Waals surface area contributed by atoms with Gasteiger partial charge in [0.05, 0.1) is 12.1 Å². The van der Waals surface area contributed by atoms with E-state index in [2.05, 4.69) is 25.3 Å². The molecule has 2 aromatic heterocycles. The molecule has 1 fully saturated rings. The van der Waals surface area contributed by atoms with E-state index in [1.54, 1.807) is 6.92 Å². The van der Waals surface area contributed by atoms with Crippen LogP contribution in [0.25, 0.3) is 0 Å². The predicted octanol–water partition coefficient (Wildman–Crippen LogP) is 3.53. The number of halogens is 2. The Balaban J connectivity index is 1.15. The number of carbonyl (C=O) groups excluding carboxylic acids is 1. The van der Waals surface area contributed by atoms with Crippen molar-refractivity contribution >= 4 is 17.2 Å². The molecule has 1 saturated carbocycles. The Labute approximate surface area is 196 Å². The molecule has 0 bridgehead atoms. The van der Waals surface area contributed by atoms with Crippen LogP contribution in [0.3, 0.4) is 0 Å². The van der Waals surface area contributed by atoms with Gasteiger partial charge in [0.1, 0.15) is 0 Å². The van der Waals surface area contributed by atoms with E-state index in [0.29, 0.717) is 22.8 Å². The molecule has 182 valence electrons. The van der Waals surface area contributed by atoms with Crippen molar-refractivity contribution in [3.05, 3.63) is 22.3 Å². The summed E-state index contributed by atoms with van der Waals surface area (Å²) in [6.07, 6.45) is 6.33. The van der Waals surface area contributed by atoms with Gasteiger partial charge >= 0.3 is 0 Å². The number of alkyl halides is 2. The van der Waals surface area contributed by atoms with E-state index < -0.39 is 12.5 Å². The summed E-state index contributed by atoms with van der Waals surface area (Å²) in [4.78, 5) is 24.3. The van der Waals surface area contributed by atoms with E-state index in [-0.39, 0.29) is 18.4 Å². The van der Waals surface area contributed by atoms with Crippen LogP contribution in [0.4, 0.5) is 8.78 Å². The van der Waals surface area contributed by atoms with Crippen molar-refractivity contribution < 1.29 is 22.8 Å². The van der Waals surface area contributed by atoms with Crippen molar-refractivity contribution in [1.29, 1.82) is 0 Å². The predicted molar refractivity (Wildman–Crippen MR) is 118 cm³/mol. The first-order chi connectivity index (χ1) is 15.7. The number of nitrogens with zero attached hydrogens (tertiary/aromatic N) is 4. The first-order valence-corrected chi connectivity index (χ1v) is 12.4. The SMILES string of the molecule is Cc1nc(CC(=O)N[C@H]2CC[C@H](CCN3CCc4sc(OCC(C)(F)F)nc4C3)CC2)no1. The molecule has 1 aliphatic carbocycles. The van der Waals surface area contributed by atoms with Crippen molar-refractivity contribution in [2.24, 2.45) is 5.92 Å². The fourth-order valence-corrected chi connectivity index (χ4v) is 5.37. The Kier molecular flexibility index (Phi) is 7.58. The Bertz CT molecular complexity index is 937. The van der Waals surface area contributed by atoms with Crippen LogP contribution in [0.15, 0.2) is 4.52 Å². The lowest BCUT2D eigenvalue weighted by atomic mass is 9.84. The maximum Gasteiger partial charge on any atom is 0.278 e. The van der Waals surface area contributed by atoms with Gasteiger partial charge < -0.3 is 14.6 Å². The van der Waals surface area contributed by atoms with Crippen LogP contribution >= 0.6 is 11.3 Å². The number of rotatable bonds is 9. The van der Waals surface area contributed by atoms with Gasteiger partial charge in [-0.05, 0) is 51.0 Å². The quantitative estimate of drug-likeness (QED) is 0.583. The van der Waals surface area contributed by atoms with E-state index in [9.17, 15) is 13.6 Å².